The third-order valence-electron chi connectivity index (χ3n) is 8.88. The molecule has 2 aliphatic heterocycles. The van der Waals surface area contributed by atoms with Gasteiger partial charge < -0.3 is 24.0 Å². The fourth-order valence-electron chi connectivity index (χ4n) is 6.40. The number of aromatic amines is 2. The molecule has 2 unspecified atom stereocenters. The van der Waals surface area contributed by atoms with Gasteiger partial charge in [-0.3, -0.25) is 9.59 Å². The molecule has 46 heavy (non-hydrogen) atoms. The lowest BCUT2D eigenvalue weighted by Crippen LogP contribution is -2.45. The van der Waals surface area contributed by atoms with Crippen LogP contribution in [0.25, 0.3) is 0 Å². The number of piperidine rings is 2. The Labute approximate surface area is 265 Å². The van der Waals surface area contributed by atoms with E-state index in [1.54, 1.807) is 23.1 Å². The van der Waals surface area contributed by atoms with Crippen molar-refractivity contribution in [1.82, 2.24) is 20.5 Å². The highest BCUT2D eigenvalue weighted by molar-refractivity contribution is 5.68. The molecule has 0 spiro atoms. The number of ether oxygens (including phenoxy) is 1. The minimum absolute atomic E-state index is 0.0311. The van der Waals surface area contributed by atoms with Gasteiger partial charge in [-0.2, -0.15) is 10.3 Å². The highest BCUT2D eigenvalue weighted by Crippen LogP contribution is 2.33. The van der Waals surface area contributed by atoms with Crippen molar-refractivity contribution in [3.8, 4) is 0 Å². The molecule has 10 nitrogen and oxygen atoms in total. The SMILES string of the molecule is COC(=O)N1CCC(c2cc(=O)[nH]o2)CC1CCc1ccc(F)cc1.O=c1cc([C@H]2CCN[C@H](CCc3ccc(F)cc3)C2)o[nH]1. The molecular weight excluding hydrogens is 598 g/mol. The van der Waals surface area contributed by atoms with Crippen LogP contribution in [-0.4, -0.2) is 53.6 Å². The second-order valence-electron chi connectivity index (χ2n) is 12.0. The lowest BCUT2D eigenvalue weighted by molar-refractivity contribution is 0.0789. The van der Waals surface area contributed by atoms with Crippen molar-refractivity contribution in [2.24, 2.45) is 0 Å². The number of H-pyrrole nitrogens is 2. The maximum absolute atomic E-state index is 13.0. The number of hydrogen-bond acceptors (Lipinski definition) is 7. The van der Waals surface area contributed by atoms with Crippen molar-refractivity contribution < 1.29 is 27.4 Å². The molecule has 246 valence electrons. The molecule has 2 saturated heterocycles. The van der Waals surface area contributed by atoms with Gasteiger partial charge in [-0.05, 0) is 93.3 Å². The van der Waals surface area contributed by atoms with Gasteiger partial charge >= 0.3 is 6.09 Å². The molecule has 2 aliphatic rings. The zero-order chi connectivity index (χ0) is 32.5. The summed E-state index contributed by atoms with van der Waals surface area (Å²) in [6, 6.07) is 16.4. The molecule has 1 amide bonds. The highest BCUT2D eigenvalue weighted by Gasteiger charge is 2.34. The number of rotatable bonds is 8. The van der Waals surface area contributed by atoms with Crippen LogP contribution in [0.4, 0.5) is 13.6 Å². The Kier molecular flexibility index (Phi) is 11.2. The largest absolute Gasteiger partial charge is 0.453 e. The zero-order valence-corrected chi connectivity index (χ0v) is 25.8. The van der Waals surface area contributed by atoms with Crippen molar-refractivity contribution >= 4 is 6.09 Å². The number of carbonyl (C=O) groups excluding carboxylic acids is 1. The van der Waals surface area contributed by atoms with E-state index in [1.807, 2.05) is 12.1 Å². The second-order valence-corrected chi connectivity index (χ2v) is 12.0. The van der Waals surface area contributed by atoms with E-state index in [1.165, 1.54) is 37.4 Å². The van der Waals surface area contributed by atoms with E-state index in [9.17, 15) is 23.2 Å². The number of aryl methyl sites for hydroxylation is 2. The third kappa shape index (κ3) is 9.06. The van der Waals surface area contributed by atoms with Crippen LogP contribution in [0.1, 0.15) is 73.0 Å². The van der Waals surface area contributed by atoms with Crippen molar-refractivity contribution in [2.75, 3.05) is 20.2 Å². The minimum Gasteiger partial charge on any atom is -0.453 e. The summed E-state index contributed by atoms with van der Waals surface area (Å²) >= 11 is 0. The smallest absolute Gasteiger partial charge is 0.409 e. The molecule has 6 rings (SSSR count). The van der Waals surface area contributed by atoms with Gasteiger partial charge in [0.1, 0.15) is 23.2 Å². The van der Waals surface area contributed by atoms with E-state index < -0.39 is 0 Å². The molecule has 0 radical (unpaired) electrons. The van der Waals surface area contributed by atoms with Crippen LogP contribution in [0.15, 0.2) is 79.3 Å². The summed E-state index contributed by atoms with van der Waals surface area (Å²) in [5.41, 5.74) is 1.73. The van der Waals surface area contributed by atoms with Crippen molar-refractivity contribution in [3.05, 3.63) is 116 Å². The first-order chi connectivity index (χ1) is 22.3. The first kappa shape index (κ1) is 32.9. The van der Waals surface area contributed by atoms with Crippen LogP contribution in [0.5, 0.6) is 0 Å². The van der Waals surface area contributed by atoms with Crippen molar-refractivity contribution in [1.29, 1.82) is 0 Å². The van der Waals surface area contributed by atoms with Gasteiger partial charge in [-0.1, -0.05) is 24.3 Å². The van der Waals surface area contributed by atoms with E-state index in [0.717, 1.165) is 62.0 Å². The summed E-state index contributed by atoms with van der Waals surface area (Å²) in [5.74, 6) is 1.30. The lowest BCUT2D eigenvalue weighted by atomic mass is 9.86. The van der Waals surface area contributed by atoms with E-state index in [-0.39, 0.29) is 40.8 Å². The summed E-state index contributed by atoms with van der Waals surface area (Å²) in [6.45, 7) is 1.47. The molecule has 0 aliphatic carbocycles. The van der Waals surface area contributed by atoms with Crippen LogP contribution in [-0.2, 0) is 17.6 Å². The summed E-state index contributed by atoms with van der Waals surface area (Å²) in [5, 5.41) is 8.18. The summed E-state index contributed by atoms with van der Waals surface area (Å²) in [6.07, 6.45) is 6.36. The Hall–Kier alpha value is -4.45. The minimum atomic E-state index is -0.349. The number of methoxy groups -OCH3 is 1. The highest BCUT2D eigenvalue weighted by atomic mass is 19.1. The molecule has 12 heteroatoms. The molecule has 2 aromatic carbocycles. The maximum Gasteiger partial charge on any atom is 0.409 e. The number of carbonyl (C=O) groups is 1. The predicted molar refractivity (Wildman–Crippen MR) is 167 cm³/mol. The number of nitrogens with zero attached hydrogens (tertiary/aromatic N) is 1. The summed E-state index contributed by atoms with van der Waals surface area (Å²) in [4.78, 5) is 36.2. The standard InChI is InChI=1S/C18H21FN2O4.C16H19FN2O2/c1-24-18(23)21-9-8-13(16-11-17(22)20-25-16)10-15(21)7-4-12-2-5-14(19)6-3-12;17-13-4-1-11(2-5-13)3-6-14-9-12(7-8-18-14)15-10-16(20)19-21-15/h2-3,5-6,11,13,15H,4,7-10H2,1H3,(H,20,22);1-2,4-5,10,12,14,18H,3,6-9H2,(H,19,20)/t;12-,14+/m.0/s1. The molecule has 3 N–H and O–H groups in total. The van der Waals surface area contributed by atoms with Crippen LogP contribution in [0.3, 0.4) is 0 Å². The van der Waals surface area contributed by atoms with E-state index >= 15 is 0 Å². The molecule has 4 aromatic rings. The first-order valence-corrected chi connectivity index (χ1v) is 15.7. The Morgan fingerprint density at radius 2 is 1.37 bits per heavy atom. The molecule has 4 heterocycles. The zero-order valence-electron chi connectivity index (χ0n) is 25.8. The Morgan fingerprint density at radius 3 is 1.89 bits per heavy atom. The Morgan fingerprint density at radius 1 is 0.826 bits per heavy atom. The number of benzene rings is 2. The number of aromatic nitrogens is 2. The molecule has 0 saturated carbocycles. The van der Waals surface area contributed by atoms with E-state index in [2.05, 4.69) is 15.6 Å². The molecular formula is C34H40F2N4O6. The first-order valence-electron chi connectivity index (χ1n) is 15.7. The lowest BCUT2D eigenvalue weighted by Gasteiger charge is -2.38. The Balaban J connectivity index is 0.000000184. The summed E-state index contributed by atoms with van der Waals surface area (Å²) in [7, 11) is 1.37. The topological polar surface area (TPSA) is 134 Å². The van der Waals surface area contributed by atoms with Crippen LogP contribution in [0.2, 0.25) is 0 Å². The van der Waals surface area contributed by atoms with Gasteiger partial charge in [-0.15, -0.1) is 0 Å². The number of halogens is 2. The quantitative estimate of drug-likeness (QED) is 0.228. The molecule has 4 atom stereocenters. The fraction of sp³-hybridized carbons (Fsp3) is 0.441. The van der Waals surface area contributed by atoms with Crippen LogP contribution in [0, 0.1) is 11.6 Å². The number of nitrogens with one attached hydrogen (secondary N) is 3. The van der Waals surface area contributed by atoms with Gasteiger partial charge in [0.05, 0.1) is 7.11 Å². The van der Waals surface area contributed by atoms with E-state index in [4.69, 9.17) is 13.8 Å². The Bertz CT molecular complexity index is 1640. The third-order valence-corrected chi connectivity index (χ3v) is 8.88. The maximum atomic E-state index is 13.0. The van der Waals surface area contributed by atoms with Crippen LogP contribution >= 0.6 is 0 Å². The van der Waals surface area contributed by atoms with Gasteiger partial charge in [0.25, 0.3) is 11.1 Å². The fourth-order valence-corrected chi connectivity index (χ4v) is 6.40. The van der Waals surface area contributed by atoms with Gasteiger partial charge in [-0.25, -0.2) is 13.6 Å². The molecule has 0 bridgehead atoms. The number of hydrogen-bond donors (Lipinski definition) is 3. The van der Waals surface area contributed by atoms with Crippen molar-refractivity contribution in [2.45, 2.75) is 75.3 Å². The molecule has 2 aromatic heterocycles. The van der Waals surface area contributed by atoms with E-state index in [0.29, 0.717) is 37.1 Å². The predicted octanol–water partition coefficient (Wildman–Crippen LogP) is 5.63. The van der Waals surface area contributed by atoms with Crippen molar-refractivity contribution in [3.63, 3.8) is 0 Å². The van der Waals surface area contributed by atoms with Gasteiger partial charge in [0.15, 0.2) is 0 Å². The van der Waals surface area contributed by atoms with Gasteiger partial charge in [0, 0.05) is 42.6 Å². The monoisotopic (exact) mass is 638 g/mol. The average Bonchev–Trinajstić information content (AvgIpc) is 3.72. The molecule has 2 fully saturated rings. The average molecular weight is 639 g/mol. The number of likely N-dealkylation sites (tertiary alicyclic amines) is 1. The normalized spacial score (nSPS) is 21.3. The van der Waals surface area contributed by atoms with Gasteiger partial charge in [0.2, 0.25) is 0 Å². The summed E-state index contributed by atoms with van der Waals surface area (Å²) < 4.78 is 41.2. The number of amides is 1. The van der Waals surface area contributed by atoms with Crippen LogP contribution < -0.4 is 16.4 Å². The second kappa shape index (κ2) is 15.7.